The van der Waals surface area contributed by atoms with Gasteiger partial charge in [0.15, 0.2) is 0 Å². The van der Waals surface area contributed by atoms with E-state index >= 15 is 0 Å². The predicted octanol–water partition coefficient (Wildman–Crippen LogP) is 7.01. The van der Waals surface area contributed by atoms with Crippen molar-refractivity contribution in [1.29, 1.82) is 0 Å². The second-order valence-electron chi connectivity index (χ2n) is 5.92. The van der Waals surface area contributed by atoms with Crippen molar-refractivity contribution in [2.24, 2.45) is 0 Å². The molecule has 4 aromatic carbocycles. The summed E-state index contributed by atoms with van der Waals surface area (Å²) in [4.78, 5) is 0. The van der Waals surface area contributed by atoms with Gasteiger partial charge in [0, 0.05) is 31.1 Å². The van der Waals surface area contributed by atoms with Gasteiger partial charge in [-0.1, -0.05) is 60.7 Å². The number of rotatable bonds is 1. The molecule has 0 aliphatic carbocycles. The van der Waals surface area contributed by atoms with E-state index in [1.54, 1.807) is 17.4 Å². The molecule has 0 aliphatic rings. The lowest BCUT2D eigenvalue weighted by Gasteiger charge is -2.09. The molecule has 114 valence electrons. The first-order valence-corrected chi connectivity index (χ1v) is 8.72. The normalized spacial score (nSPS) is 11.5. The van der Waals surface area contributed by atoms with Crippen LogP contribution in [0.1, 0.15) is 0 Å². The molecule has 0 amide bonds. The van der Waals surface area contributed by atoms with Crippen molar-refractivity contribution in [3.05, 3.63) is 84.7 Å². The van der Waals surface area contributed by atoms with Crippen LogP contribution in [-0.4, -0.2) is 0 Å². The summed E-state index contributed by atoms with van der Waals surface area (Å²) in [7, 11) is 0. The maximum absolute atomic E-state index is 14.4. The quantitative estimate of drug-likeness (QED) is 0.310. The molecule has 0 bridgehead atoms. The van der Waals surface area contributed by atoms with E-state index in [1.807, 2.05) is 18.2 Å². The van der Waals surface area contributed by atoms with Crippen LogP contribution >= 0.6 is 11.3 Å². The molecule has 0 spiro atoms. The lowest BCUT2D eigenvalue weighted by molar-refractivity contribution is 0.631. The van der Waals surface area contributed by atoms with Crippen LogP contribution in [0.3, 0.4) is 0 Å². The molecular formula is C22H13FS. The summed E-state index contributed by atoms with van der Waals surface area (Å²) in [5, 5.41) is 4.73. The molecule has 0 saturated heterocycles. The Morgan fingerprint density at radius 3 is 2.08 bits per heavy atom. The summed E-state index contributed by atoms with van der Waals surface area (Å²) < 4.78 is 17.0. The number of hydrogen-bond donors (Lipinski definition) is 0. The maximum Gasteiger partial charge on any atom is 0.131 e. The Kier molecular flexibility index (Phi) is 2.94. The standard InChI is InChI=1S/C22H13FS/c23-20-11-5-3-8-15(20)18-13-19-16-9-4-6-12-21(16)24-22(19)17-10-2-1-7-14(17)18/h1-13H. The fraction of sp³-hybridized carbons (Fsp3) is 0. The first kappa shape index (κ1) is 13.7. The fourth-order valence-electron chi connectivity index (χ4n) is 3.45. The van der Waals surface area contributed by atoms with Gasteiger partial charge in [-0.2, -0.15) is 0 Å². The van der Waals surface area contributed by atoms with Gasteiger partial charge in [-0.05, 0) is 29.1 Å². The van der Waals surface area contributed by atoms with Crippen molar-refractivity contribution < 1.29 is 4.39 Å². The average Bonchev–Trinajstić information content (AvgIpc) is 3.01. The van der Waals surface area contributed by atoms with Gasteiger partial charge in [-0.25, -0.2) is 4.39 Å². The van der Waals surface area contributed by atoms with Gasteiger partial charge in [-0.3, -0.25) is 0 Å². The zero-order valence-electron chi connectivity index (χ0n) is 12.8. The summed E-state index contributed by atoms with van der Waals surface area (Å²) in [6.45, 7) is 0. The van der Waals surface area contributed by atoms with Crippen molar-refractivity contribution in [1.82, 2.24) is 0 Å². The molecule has 5 rings (SSSR count). The van der Waals surface area contributed by atoms with E-state index in [2.05, 4.69) is 48.5 Å². The van der Waals surface area contributed by atoms with Crippen molar-refractivity contribution in [2.45, 2.75) is 0 Å². The molecule has 0 atom stereocenters. The highest BCUT2D eigenvalue weighted by Gasteiger charge is 2.14. The van der Waals surface area contributed by atoms with E-state index in [1.165, 1.54) is 31.6 Å². The molecular weight excluding hydrogens is 315 g/mol. The monoisotopic (exact) mass is 328 g/mol. The Morgan fingerprint density at radius 1 is 0.583 bits per heavy atom. The summed E-state index contributed by atoms with van der Waals surface area (Å²) in [5.41, 5.74) is 1.62. The Morgan fingerprint density at radius 2 is 1.25 bits per heavy atom. The molecule has 0 aliphatic heterocycles. The molecule has 1 aromatic heterocycles. The Labute approximate surface area is 142 Å². The summed E-state index contributed by atoms with van der Waals surface area (Å²) in [5.74, 6) is -0.179. The van der Waals surface area contributed by atoms with E-state index in [0.29, 0.717) is 5.56 Å². The molecule has 1 heterocycles. The molecule has 0 nitrogen and oxygen atoms in total. The van der Waals surface area contributed by atoms with Crippen molar-refractivity contribution in [3.63, 3.8) is 0 Å². The summed E-state index contributed by atoms with van der Waals surface area (Å²) in [6.07, 6.45) is 0. The van der Waals surface area contributed by atoms with Crippen LogP contribution in [0, 0.1) is 5.82 Å². The third kappa shape index (κ3) is 1.90. The van der Waals surface area contributed by atoms with Gasteiger partial charge >= 0.3 is 0 Å². The van der Waals surface area contributed by atoms with Crippen LogP contribution in [-0.2, 0) is 0 Å². The number of thiophene rings is 1. The third-order valence-electron chi connectivity index (χ3n) is 4.55. The van der Waals surface area contributed by atoms with E-state index in [-0.39, 0.29) is 5.82 Å². The van der Waals surface area contributed by atoms with Crippen molar-refractivity contribution >= 4 is 42.3 Å². The zero-order chi connectivity index (χ0) is 16.1. The summed E-state index contributed by atoms with van der Waals surface area (Å²) >= 11 is 1.81. The van der Waals surface area contributed by atoms with E-state index in [4.69, 9.17) is 0 Å². The minimum Gasteiger partial charge on any atom is -0.206 e. The van der Waals surface area contributed by atoms with Crippen LogP contribution in [0.15, 0.2) is 78.9 Å². The number of benzene rings is 4. The van der Waals surface area contributed by atoms with Crippen LogP contribution in [0.2, 0.25) is 0 Å². The second kappa shape index (κ2) is 5.15. The Hall–Kier alpha value is -2.71. The molecule has 0 unspecified atom stereocenters. The number of fused-ring (bicyclic) bond motifs is 5. The van der Waals surface area contributed by atoms with Gasteiger partial charge < -0.3 is 0 Å². The topological polar surface area (TPSA) is 0 Å². The lowest BCUT2D eigenvalue weighted by atomic mass is 9.95. The summed E-state index contributed by atoms with van der Waals surface area (Å²) in [6, 6.07) is 25.9. The molecule has 0 N–H and O–H groups in total. The Bertz CT molecular complexity index is 1220. The average molecular weight is 328 g/mol. The van der Waals surface area contributed by atoms with Gasteiger partial charge in [-0.15, -0.1) is 11.3 Å². The first-order chi connectivity index (χ1) is 11.8. The Balaban J connectivity index is 2.02. The molecule has 2 heteroatoms. The smallest absolute Gasteiger partial charge is 0.131 e. The highest BCUT2D eigenvalue weighted by Crippen LogP contribution is 2.42. The first-order valence-electron chi connectivity index (χ1n) is 7.91. The van der Waals surface area contributed by atoms with E-state index in [0.717, 1.165) is 10.9 Å². The second-order valence-corrected chi connectivity index (χ2v) is 6.98. The van der Waals surface area contributed by atoms with Gasteiger partial charge in [0.05, 0.1) is 0 Å². The fourth-order valence-corrected chi connectivity index (χ4v) is 4.67. The minimum atomic E-state index is -0.179. The largest absolute Gasteiger partial charge is 0.206 e. The highest BCUT2D eigenvalue weighted by atomic mass is 32.1. The SMILES string of the molecule is Fc1ccccc1-c1cc2c3ccccc3sc2c2ccccc12. The molecule has 0 saturated carbocycles. The maximum atomic E-state index is 14.4. The molecule has 0 radical (unpaired) electrons. The predicted molar refractivity (Wildman–Crippen MR) is 102 cm³/mol. The third-order valence-corrected chi connectivity index (χ3v) is 5.77. The van der Waals surface area contributed by atoms with Crippen molar-refractivity contribution in [2.75, 3.05) is 0 Å². The van der Waals surface area contributed by atoms with Gasteiger partial charge in [0.2, 0.25) is 0 Å². The molecule has 5 aromatic rings. The molecule has 0 fully saturated rings. The van der Waals surface area contributed by atoms with Crippen LogP contribution in [0.4, 0.5) is 4.39 Å². The minimum absolute atomic E-state index is 0.179. The number of hydrogen-bond acceptors (Lipinski definition) is 1. The zero-order valence-corrected chi connectivity index (χ0v) is 13.6. The van der Waals surface area contributed by atoms with E-state index < -0.39 is 0 Å². The van der Waals surface area contributed by atoms with Crippen molar-refractivity contribution in [3.8, 4) is 11.1 Å². The van der Waals surface area contributed by atoms with Crippen LogP contribution < -0.4 is 0 Å². The van der Waals surface area contributed by atoms with E-state index in [9.17, 15) is 4.39 Å². The lowest BCUT2D eigenvalue weighted by Crippen LogP contribution is -1.86. The van der Waals surface area contributed by atoms with Gasteiger partial charge in [0.25, 0.3) is 0 Å². The highest BCUT2D eigenvalue weighted by molar-refractivity contribution is 7.26. The van der Waals surface area contributed by atoms with Crippen LogP contribution in [0.5, 0.6) is 0 Å². The van der Waals surface area contributed by atoms with Crippen LogP contribution in [0.25, 0.3) is 42.1 Å². The van der Waals surface area contributed by atoms with Gasteiger partial charge in [0.1, 0.15) is 5.82 Å². The number of halogens is 1. The molecule has 24 heavy (non-hydrogen) atoms.